The molecule has 0 fully saturated rings. The molecule has 0 bridgehead atoms. The molecule has 0 radical (unpaired) electrons. The highest BCUT2D eigenvalue weighted by atomic mass is 32.2. The molecule has 0 saturated carbocycles. The molecule has 0 aromatic carbocycles. The van der Waals surface area contributed by atoms with Crippen LogP contribution in [0.25, 0.3) is 0 Å². The summed E-state index contributed by atoms with van der Waals surface area (Å²) < 4.78 is 129. The van der Waals surface area contributed by atoms with E-state index in [9.17, 15) is 38.4 Å². The maximum Gasteiger partial charge on any atom is 0.298 e. The van der Waals surface area contributed by atoms with Gasteiger partial charge in [-0.25, -0.2) is 13.2 Å². The zero-order valence-corrected chi connectivity index (χ0v) is 11.8. The highest BCUT2D eigenvalue weighted by molar-refractivity contribution is 7.88. The van der Waals surface area contributed by atoms with Crippen LogP contribution in [0, 0.1) is 5.41 Å². The van der Waals surface area contributed by atoms with Gasteiger partial charge in [-0.05, 0) is 6.92 Å². The first-order chi connectivity index (χ1) is 8.46. The molecule has 0 aliphatic heterocycles. The summed E-state index contributed by atoms with van der Waals surface area (Å²) in [5.74, 6) is 0. The predicted molar refractivity (Wildman–Crippen MR) is 57.4 cm³/mol. The molecule has 3 atom stereocenters. The van der Waals surface area contributed by atoms with E-state index in [2.05, 4.69) is 0 Å². The van der Waals surface area contributed by atoms with Gasteiger partial charge in [0, 0.05) is 0 Å². The van der Waals surface area contributed by atoms with Crippen LogP contribution in [0.1, 0.15) is 6.92 Å². The Morgan fingerprint density at radius 1 is 0.700 bits per heavy atom. The van der Waals surface area contributed by atoms with E-state index in [0.717, 1.165) is 0 Å². The molecule has 0 spiro atoms. The standard InChI is InChI=1S/C5H9F3O9S3/c1-5(2(6)18(9,10)11,3(7)19(12,13)14)4(8)20(15,16)17/h2-4H,1H3,(H,9,10,11)(H,12,13,14)(H,15,16,17). The topological polar surface area (TPSA) is 163 Å². The minimum Gasteiger partial charge on any atom is -0.283 e. The van der Waals surface area contributed by atoms with Gasteiger partial charge in [0.1, 0.15) is 5.41 Å². The lowest BCUT2D eigenvalue weighted by molar-refractivity contribution is 0.0518. The molecule has 0 aliphatic rings. The number of halogens is 3. The third-order valence-electron chi connectivity index (χ3n) is 2.25. The number of rotatable bonds is 6. The molecule has 0 aromatic rings. The fourth-order valence-corrected chi connectivity index (χ4v) is 4.17. The molecule has 15 heteroatoms. The van der Waals surface area contributed by atoms with Crippen LogP contribution in [-0.2, 0) is 30.4 Å². The summed E-state index contributed by atoms with van der Waals surface area (Å²) in [5.41, 5.74) is -16.6. The third kappa shape index (κ3) is 3.79. The summed E-state index contributed by atoms with van der Waals surface area (Å²) in [6, 6.07) is 0. The Hall–Kier alpha value is -0.480. The monoisotopic (exact) mass is 366 g/mol. The molecule has 0 amide bonds. The Balaban J connectivity index is 6.38. The largest absolute Gasteiger partial charge is 0.298 e. The Morgan fingerprint density at radius 2 is 0.850 bits per heavy atom. The zero-order valence-electron chi connectivity index (χ0n) is 9.38. The molecule has 0 rings (SSSR count). The van der Waals surface area contributed by atoms with E-state index >= 15 is 0 Å². The Bertz CT molecular complexity index is 573. The van der Waals surface area contributed by atoms with Gasteiger partial charge >= 0.3 is 0 Å². The maximum atomic E-state index is 13.5. The van der Waals surface area contributed by atoms with Gasteiger partial charge in [0.2, 0.25) is 16.5 Å². The summed E-state index contributed by atoms with van der Waals surface area (Å²) in [5, 5.41) is 0. The van der Waals surface area contributed by atoms with Crippen molar-refractivity contribution in [3.8, 4) is 0 Å². The molecule has 20 heavy (non-hydrogen) atoms. The summed E-state index contributed by atoms with van der Waals surface area (Å²) in [6.07, 6.45) is 0. The minimum atomic E-state index is -5.97. The molecule has 9 nitrogen and oxygen atoms in total. The SMILES string of the molecule is CC(C(F)S(=O)(=O)O)(C(F)S(=O)(=O)O)C(F)S(=O)(=O)O. The van der Waals surface area contributed by atoms with Crippen molar-refractivity contribution in [2.75, 3.05) is 0 Å². The van der Waals surface area contributed by atoms with E-state index in [1.807, 2.05) is 0 Å². The molecule has 3 unspecified atom stereocenters. The number of hydrogen-bond acceptors (Lipinski definition) is 6. The lowest BCUT2D eigenvalue weighted by Gasteiger charge is -2.33. The molecule has 0 heterocycles. The van der Waals surface area contributed by atoms with Gasteiger partial charge in [0.25, 0.3) is 30.4 Å². The van der Waals surface area contributed by atoms with Crippen molar-refractivity contribution < 1.29 is 52.1 Å². The molecule has 122 valence electrons. The minimum absolute atomic E-state index is 0.192. The van der Waals surface area contributed by atoms with Crippen LogP contribution in [0.4, 0.5) is 13.2 Å². The quantitative estimate of drug-likeness (QED) is 0.528. The number of alkyl halides is 3. The van der Waals surface area contributed by atoms with E-state index in [-0.39, 0.29) is 6.92 Å². The molecule has 0 saturated heterocycles. The van der Waals surface area contributed by atoms with Crippen LogP contribution < -0.4 is 0 Å². The van der Waals surface area contributed by atoms with E-state index in [1.165, 1.54) is 0 Å². The van der Waals surface area contributed by atoms with Crippen LogP contribution in [0.2, 0.25) is 0 Å². The van der Waals surface area contributed by atoms with Crippen LogP contribution in [-0.4, -0.2) is 55.4 Å². The predicted octanol–water partition coefficient (Wildman–Crippen LogP) is -0.457. The molecule has 0 aromatic heterocycles. The average Bonchev–Trinajstić information content (AvgIpc) is 2.21. The Morgan fingerprint density at radius 3 is 0.950 bits per heavy atom. The molecule has 0 aliphatic carbocycles. The molecular weight excluding hydrogens is 357 g/mol. The van der Waals surface area contributed by atoms with Gasteiger partial charge in [-0.3, -0.25) is 13.7 Å². The van der Waals surface area contributed by atoms with E-state index in [1.54, 1.807) is 0 Å². The Labute approximate surface area is 112 Å². The second kappa shape index (κ2) is 5.38. The average molecular weight is 366 g/mol. The lowest BCUT2D eigenvalue weighted by Crippen LogP contribution is -2.54. The Kier molecular flexibility index (Phi) is 5.25. The van der Waals surface area contributed by atoms with Crippen LogP contribution >= 0.6 is 0 Å². The maximum absolute atomic E-state index is 13.5. The fraction of sp³-hybridized carbons (Fsp3) is 1.00. The van der Waals surface area contributed by atoms with E-state index < -0.39 is 52.3 Å². The van der Waals surface area contributed by atoms with Crippen molar-refractivity contribution in [2.24, 2.45) is 5.41 Å². The van der Waals surface area contributed by atoms with Crippen LogP contribution in [0.3, 0.4) is 0 Å². The zero-order chi connectivity index (χ0) is 16.7. The second-order valence-corrected chi connectivity index (χ2v) is 8.19. The lowest BCUT2D eigenvalue weighted by atomic mass is 9.95. The van der Waals surface area contributed by atoms with E-state index in [4.69, 9.17) is 13.7 Å². The first-order valence-electron chi connectivity index (χ1n) is 4.28. The second-order valence-electron chi connectivity index (χ2n) is 3.86. The molecular formula is C5H9F3O9S3. The van der Waals surface area contributed by atoms with Gasteiger partial charge < -0.3 is 0 Å². The molecule has 3 N–H and O–H groups in total. The highest BCUT2D eigenvalue weighted by Crippen LogP contribution is 2.42. The fourth-order valence-electron chi connectivity index (χ4n) is 1.27. The number of hydrogen-bond donors (Lipinski definition) is 3. The van der Waals surface area contributed by atoms with Crippen molar-refractivity contribution in [3.63, 3.8) is 0 Å². The summed E-state index contributed by atoms with van der Waals surface area (Å²) >= 11 is 0. The normalized spacial score (nSPS) is 21.8. The van der Waals surface area contributed by atoms with Crippen molar-refractivity contribution in [2.45, 2.75) is 23.4 Å². The van der Waals surface area contributed by atoms with Crippen molar-refractivity contribution in [3.05, 3.63) is 0 Å². The first kappa shape index (κ1) is 19.5. The van der Waals surface area contributed by atoms with Gasteiger partial charge in [0.15, 0.2) is 0 Å². The highest BCUT2D eigenvalue weighted by Gasteiger charge is 2.63. The third-order valence-corrected chi connectivity index (χ3v) is 5.34. The first-order valence-corrected chi connectivity index (χ1v) is 8.79. The summed E-state index contributed by atoms with van der Waals surface area (Å²) in [7, 11) is -17.9. The summed E-state index contributed by atoms with van der Waals surface area (Å²) in [4.78, 5) is 0. The van der Waals surface area contributed by atoms with Crippen LogP contribution in [0.5, 0.6) is 0 Å². The van der Waals surface area contributed by atoms with Gasteiger partial charge in [-0.2, -0.15) is 25.3 Å². The van der Waals surface area contributed by atoms with Crippen molar-refractivity contribution >= 4 is 30.4 Å². The van der Waals surface area contributed by atoms with Crippen LogP contribution in [0.15, 0.2) is 0 Å². The van der Waals surface area contributed by atoms with Crippen molar-refractivity contribution in [1.29, 1.82) is 0 Å². The smallest absolute Gasteiger partial charge is 0.283 e. The van der Waals surface area contributed by atoms with E-state index in [0.29, 0.717) is 0 Å². The summed E-state index contributed by atoms with van der Waals surface area (Å²) in [6.45, 7) is -0.192. The van der Waals surface area contributed by atoms with Crippen molar-refractivity contribution in [1.82, 2.24) is 0 Å². The van der Waals surface area contributed by atoms with Gasteiger partial charge in [-0.1, -0.05) is 0 Å². The van der Waals surface area contributed by atoms with Gasteiger partial charge in [0.05, 0.1) is 0 Å². The van der Waals surface area contributed by atoms with Gasteiger partial charge in [-0.15, -0.1) is 0 Å².